The van der Waals surface area contributed by atoms with Crippen molar-refractivity contribution in [2.75, 3.05) is 10.8 Å². The van der Waals surface area contributed by atoms with Gasteiger partial charge in [0.15, 0.2) is 0 Å². The van der Waals surface area contributed by atoms with Gasteiger partial charge in [0.25, 0.3) is 0 Å². The van der Waals surface area contributed by atoms with Crippen LogP contribution in [0.5, 0.6) is 0 Å². The minimum absolute atomic E-state index is 0.132. The van der Waals surface area contributed by atoms with Gasteiger partial charge in [-0.05, 0) is 31.2 Å². The molecule has 0 N–H and O–H groups in total. The second-order valence-corrected chi connectivity index (χ2v) is 5.80. The molecule has 0 heterocycles. The van der Waals surface area contributed by atoms with Crippen molar-refractivity contribution in [2.45, 2.75) is 13.3 Å². The summed E-state index contributed by atoms with van der Waals surface area (Å²) in [6, 6.07) is 7.59. The summed E-state index contributed by atoms with van der Waals surface area (Å²) in [5.74, 6) is -0.375. The Morgan fingerprint density at radius 1 is 1.24 bits per heavy atom. The number of carbonyl (C=O) groups is 1. The minimum atomic E-state index is -0.242. The molecule has 1 amide bonds. The van der Waals surface area contributed by atoms with E-state index in [-0.39, 0.29) is 11.8 Å². The zero-order chi connectivity index (χ0) is 15.4. The third-order valence-electron chi connectivity index (χ3n) is 3.06. The van der Waals surface area contributed by atoms with E-state index in [1.54, 1.807) is 18.2 Å². The predicted molar refractivity (Wildman–Crippen MR) is 90.0 cm³/mol. The molecule has 0 aliphatic heterocycles. The first-order valence-electron chi connectivity index (χ1n) is 6.40. The first-order valence-corrected chi connectivity index (χ1v) is 7.69. The summed E-state index contributed by atoms with van der Waals surface area (Å²) in [5, 5.41) is 1.08. The number of halogens is 3. The molecule has 0 unspecified atom stereocenters. The van der Waals surface area contributed by atoms with E-state index in [1.807, 2.05) is 31.2 Å². The van der Waals surface area contributed by atoms with Crippen molar-refractivity contribution in [3.8, 4) is 0 Å². The van der Waals surface area contributed by atoms with Gasteiger partial charge in [-0.25, -0.2) is 0 Å². The molecule has 5 heteroatoms. The Morgan fingerprint density at radius 3 is 2.52 bits per heavy atom. The Labute approximate surface area is 139 Å². The van der Waals surface area contributed by atoms with Crippen molar-refractivity contribution in [3.63, 3.8) is 0 Å². The van der Waals surface area contributed by atoms with Gasteiger partial charge in [0.1, 0.15) is 5.88 Å². The van der Waals surface area contributed by atoms with Gasteiger partial charge >= 0.3 is 0 Å². The second kappa shape index (κ2) is 7.17. The number of carbonyl (C=O) groups excluding carboxylic acids is 1. The van der Waals surface area contributed by atoms with E-state index in [9.17, 15) is 4.79 Å². The Kier molecular flexibility index (Phi) is 5.51. The Bertz CT molecular complexity index is 629. The molecular formula is C16H14Cl3NO. The molecule has 0 bridgehead atoms. The van der Waals surface area contributed by atoms with E-state index in [1.165, 1.54) is 4.90 Å². The van der Waals surface area contributed by atoms with Gasteiger partial charge in [-0.15, -0.1) is 11.6 Å². The molecule has 0 aromatic heterocycles. The third kappa shape index (κ3) is 3.91. The van der Waals surface area contributed by atoms with E-state index >= 15 is 0 Å². The molecule has 0 saturated heterocycles. The molecule has 21 heavy (non-hydrogen) atoms. The first kappa shape index (κ1) is 16.2. The quantitative estimate of drug-likeness (QED) is 0.700. The normalized spacial score (nSPS) is 14.8. The summed E-state index contributed by atoms with van der Waals surface area (Å²) in [6.07, 6.45) is 5.62. The molecule has 0 fully saturated rings. The van der Waals surface area contributed by atoms with Crippen LogP contribution in [0.3, 0.4) is 0 Å². The Hall–Kier alpha value is -1.22. The largest absolute Gasteiger partial charge is 0.282 e. The van der Waals surface area contributed by atoms with Crippen LogP contribution in [0.15, 0.2) is 58.3 Å². The maximum Gasteiger partial charge on any atom is 0.246 e. The molecule has 0 spiro atoms. The molecule has 1 aliphatic carbocycles. The van der Waals surface area contributed by atoms with Crippen LogP contribution in [0.2, 0.25) is 0 Å². The summed E-state index contributed by atoms with van der Waals surface area (Å²) in [6.45, 7) is 1.98. The first-order chi connectivity index (χ1) is 10.0. The predicted octanol–water partition coefficient (Wildman–Crippen LogP) is 5.10. The molecule has 0 radical (unpaired) electrons. The van der Waals surface area contributed by atoms with Gasteiger partial charge in [-0.3, -0.25) is 9.69 Å². The highest BCUT2D eigenvalue weighted by Crippen LogP contribution is 2.31. The average molecular weight is 343 g/mol. The third-order valence-corrected chi connectivity index (χ3v) is 3.89. The van der Waals surface area contributed by atoms with Crippen LogP contribution in [0.4, 0.5) is 5.69 Å². The molecule has 0 atom stereocenters. The van der Waals surface area contributed by atoms with Crippen LogP contribution in [0.25, 0.3) is 0 Å². The van der Waals surface area contributed by atoms with E-state index in [0.29, 0.717) is 22.2 Å². The number of allylic oxidation sites excluding steroid dienone is 5. The number of nitrogens with zero attached hydrogens (tertiary/aromatic N) is 1. The van der Waals surface area contributed by atoms with E-state index < -0.39 is 0 Å². The van der Waals surface area contributed by atoms with Crippen molar-refractivity contribution in [2.24, 2.45) is 0 Å². The van der Waals surface area contributed by atoms with Gasteiger partial charge in [-0.2, -0.15) is 0 Å². The van der Waals surface area contributed by atoms with Crippen molar-refractivity contribution in [1.82, 2.24) is 0 Å². The Balaban J connectivity index is 2.50. The van der Waals surface area contributed by atoms with Crippen molar-refractivity contribution < 1.29 is 4.79 Å². The highest BCUT2D eigenvalue weighted by Gasteiger charge is 2.23. The topological polar surface area (TPSA) is 20.3 Å². The van der Waals surface area contributed by atoms with E-state index in [0.717, 1.165) is 11.3 Å². The van der Waals surface area contributed by atoms with Gasteiger partial charge in [-0.1, -0.05) is 47.0 Å². The molecule has 110 valence electrons. The fourth-order valence-electron chi connectivity index (χ4n) is 2.03. The summed E-state index contributed by atoms with van der Waals surface area (Å²) in [7, 11) is 0. The molecule has 2 rings (SSSR count). The standard InChI is InChI=1S/C16H14Cl3NO/c1-11-5-7-13(8-6-11)20(16(21)10-17)15-9-12(18)3-2-4-14(15)19/h2-8H,9-10H2,1H3. The number of benzene rings is 1. The number of anilines is 1. The number of aryl methyl sites for hydroxylation is 1. The highest BCUT2D eigenvalue weighted by atomic mass is 35.5. The summed E-state index contributed by atoms with van der Waals surface area (Å²) >= 11 is 18.2. The lowest BCUT2D eigenvalue weighted by Crippen LogP contribution is -2.31. The molecule has 1 aliphatic rings. The zero-order valence-corrected chi connectivity index (χ0v) is 13.7. The monoisotopic (exact) mass is 341 g/mol. The van der Waals surface area contributed by atoms with Gasteiger partial charge in [0.2, 0.25) is 5.91 Å². The number of hydrogen-bond acceptors (Lipinski definition) is 1. The molecule has 1 aromatic carbocycles. The fourth-order valence-corrected chi connectivity index (χ4v) is 2.57. The number of hydrogen-bond donors (Lipinski definition) is 0. The summed E-state index contributed by atoms with van der Waals surface area (Å²) in [4.78, 5) is 13.8. The second-order valence-electron chi connectivity index (χ2n) is 4.64. The SMILES string of the molecule is Cc1ccc(N(C(=O)CCl)C2=C(Cl)C=CC=C(Cl)C2)cc1. The smallest absolute Gasteiger partial charge is 0.246 e. The van der Waals surface area contributed by atoms with E-state index in [4.69, 9.17) is 34.8 Å². The number of amides is 1. The lowest BCUT2D eigenvalue weighted by molar-refractivity contribution is -0.115. The average Bonchev–Trinajstić information content (AvgIpc) is 2.63. The van der Waals surface area contributed by atoms with Crippen molar-refractivity contribution >= 4 is 46.4 Å². The molecule has 1 aromatic rings. The lowest BCUT2D eigenvalue weighted by atomic mass is 10.1. The van der Waals surface area contributed by atoms with Crippen LogP contribution in [-0.2, 0) is 4.79 Å². The summed E-state index contributed by atoms with van der Waals surface area (Å²) < 4.78 is 0. The number of rotatable bonds is 3. The minimum Gasteiger partial charge on any atom is -0.282 e. The maximum absolute atomic E-state index is 12.3. The Morgan fingerprint density at radius 2 is 1.90 bits per heavy atom. The van der Waals surface area contributed by atoms with Crippen LogP contribution in [-0.4, -0.2) is 11.8 Å². The van der Waals surface area contributed by atoms with E-state index in [2.05, 4.69) is 0 Å². The summed E-state index contributed by atoms with van der Waals surface area (Å²) in [5.41, 5.74) is 2.45. The molecule has 2 nitrogen and oxygen atoms in total. The lowest BCUT2D eigenvalue weighted by Gasteiger charge is -2.25. The van der Waals surface area contributed by atoms with Crippen LogP contribution < -0.4 is 4.90 Å². The van der Waals surface area contributed by atoms with Gasteiger partial charge in [0, 0.05) is 22.8 Å². The maximum atomic E-state index is 12.3. The molecule has 0 saturated carbocycles. The highest BCUT2D eigenvalue weighted by molar-refractivity contribution is 6.34. The zero-order valence-electron chi connectivity index (χ0n) is 11.4. The molecular weight excluding hydrogens is 329 g/mol. The van der Waals surface area contributed by atoms with Crippen LogP contribution in [0, 0.1) is 6.92 Å². The van der Waals surface area contributed by atoms with Crippen LogP contribution in [0.1, 0.15) is 12.0 Å². The van der Waals surface area contributed by atoms with Gasteiger partial charge in [0.05, 0.1) is 5.03 Å². The number of alkyl halides is 1. The van der Waals surface area contributed by atoms with Gasteiger partial charge < -0.3 is 0 Å². The van der Waals surface area contributed by atoms with Crippen LogP contribution >= 0.6 is 34.8 Å². The fraction of sp³-hybridized carbons (Fsp3) is 0.188. The van der Waals surface area contributed by atoms with Crippen molar-refractivity contribution in [3.05, 3.63) is 63.8 Å². The van der Waals surface area contributed by atoms with Crippen molar-refractivity contribution in [1.29, 1.82) is 0 Å².